The van der Waals surface area contributed by atoms with Crippen LogP contribution in [0.2, 0.25) is 5.15 Å². The van der Waals surface area contributed by atoms with Crippen LogP contribution in [0, 0.1) is 11.8 Å². The predicted molar refractivity (Wildman–Crippen MR) is 61.7 cm³/mol. The van der Waals surface area contributed by atoms with Gasteiger partial charge >= 0.3 is 0 Å². The van der Waals surface area contributed by atoms with Gasteiger partial charge < -0.3 is 9.64 Å². The normalized spacial score (nSPS) is 29.2. The lowest BCUT2D eigenvalue weighted by Gasteiger charge is -2.34. The van der Waals surface area contributed by atoms with Gasteiger partial charge in [0, 0.05) is 31.7 Å². The average Bonchev–Trinajstić information content (AvgIpc) is 2.75. The molecule has 3 rings (SSSR count). The molecule has 1 aromatic rings. The number of anilines is 1. The lowest BCUT2D eigenvalue weighted by molar-refractivity contribution is 0.182. The number of hydrogen-bond donors (Lipinski definition) is 0. The maximum absolute atomic E-state index is 5.87. The number of fused-ring (bicyclic) bond motifs is 1. The topological polar surface area (TPSA) is 38.2 Å². The molecular formula is C11H14ClN3O. The zero-order valence-electron chi connectivity index (χ0n) is 8.97. The summed E-state index contributed by atoms with van der Waals surface area (Å²) in [5.41, 5.74) is 0. The van der Waals surface area contributed by atoms with E-state index in [1.165, 1.54) is 12.7 Å². The van der Waals surface area contributed by atoms with Crippen molar-refractivity contribution in [3.8, 4) is 0 Å². The van der Waals surface area contributed by atoms with Gasteiger partial charge in [-0.2, -0.15) is 0 Å². The molecule has 86 valence electrons. The number of rotatable bonds is 1. The van der Waals surface area contributed by atoms with Crippen LogP contribution in [0.3, 0.4) is 0 Å². The largest absolute Gasteiger partial charge is 0.381 e. The molecule has 4 nitrogen and oxygen atoms in total. The molecule has 0 N–H and O–H groups in total. The maximum Gasteiger partial charge on any atom is 0.134 e. The van der Waals surface area contributed by atoms with Crippen molar-refractivity contribution < 1.29 is 4.74 Å². The third kappa shape index (κ3) is 1.87. The van der Waals surface area contributed by atoms with Gasteiger partial charge in [0.1, 0.15) is 17.3 Å². The van der Waals surface area contributed by atoms with Crippen molar-refractivity contribution in [2.24, 2.45) is 11.8 Å². The predicted octanol–water partition coefficient (Wildman–Crippen LogP) is 1.60. The second kappa shape index (κ2) is 4.18. The van der Waals surface area contributed by atoms with Gasteiger partial charge in [0.25, 0.3) is 0 Å². The summed E-state index contributed by atoms with van der Waals surface area (Å²) in [5, 5.41) is 0.509. The Morgan fingerprint density at radius 2 is 2.19 bits per heavy atom. The van der Waals surface area contributed by atoms with E-state index in [9.17, 15) is 0 Å². The number of ether oxygens (including phenoxy) is 1. The summed E-state index contributed by atoms with van der Waals surface area (Å²) in [7, 11) is 0. The third-order valence-electron chi connectivity index (χ3n) is 3.50. The van der Waals surface area contributed by atoms with E-state index in [-0.39, 0.29) is 0 Å². The van der Waals surface area contributed by atoms with Crippen LogP contribution in [-0.4, -0.2) is 36.3 Å². The molecular weight excluding hydrogens is 226 g/mol. The Hall–Kier alpha value is -0.870. The van der Waals surface area contributed by atoms with E-state index in [2.05, 4.69) is 14.9 Å². The first-order chi connectivity index (χ1) is 7.83. The molecule has 0 bridgehead atoms. The number of nitrogens with zero attached hydrogens (tertiary/aromatic N) is 3. The van der Waals surface area contributed by atoms with E-state index in [0.717, 1.165) is 38.0 Å². The third-order valence-corrected chi connectivity index (χ3v) is 3.71. The molecule has 5 heteroatoms. The molecule has 2 aliphatic heterocycles. The van der Waals surface area contributed by atoms with Crippen LogP contribution in [-0.2, 0) is 4.74 Å². The second-order valence-electron chi connectivity index (χ2n) is 4.49. The second-order valence-corrected chi connectivity index (χ2v) is 4.88. The van der Waals surface area contributed by atoms with Gasteiger partial charge in [-0.3, -0.25) is 0 Å². The van der Waals surface area contributed by atoms with Gasteiger partial charge in [-0.1, -0.05) is 11.6 Å². The van der Waals surface area contributed by atoms with Crippen molar-refractivity contribution in [2.45, 2.75) is 6.42 Å². The Morgan fingerprint density at radius 1 is 1.31 bits per heavy atom. The minimum Gasteiger partial charge on any atom is -0.381 e. The zero-order chi connectivity index (χ0) is 11.0. The molecule has 0 unspecified atom stereocenters. The molecule has 3 heterocycles. The van der Waals surface area contributed by atoms with Gasteiger partial charge in [-0.05, 0) is 12.3 Å². The van der Waals surface area contributed by atoms with Crippen molar-refractivity contribution in [1.29, 1.82) is 0 Å². The molecule has 2 aliphatic rings. The molecule has 2 saturated heterocycles. The Morgan fingerprint density at radius 3 is 3.06 bits per heavy atom. The molecule has 0 radical (unpaired) electrons. The summed E-state index contributed by atoms with van der Waals surface area (Å²) in [4.78, 5) is 10.5. The number of halogens is 1. The summed E-state index contributed by atoms with van der Waals surface area (Å²) in [6, 6.07) is 1.83. The Balaban J connectivity index is 1.76. The van der Waals surface area contributed by atoms with E-state index in [4.69, 9.17) is 16.3 Å². The smallest absolute Gasteiger partial charge is 0.134 e. The average molecular weight is 240 g/mol. The van der Waals surface area contributed by atoms with Crippen LogP contribution in [0.5, 0.6) is 0 Å². The monoisotopic (exact) mass is 239 g/mol. The molecule has 2 atom stereocenters. The lowest BCUT2D eigenvalue weighted by atomic mass is 9.89. The molecule has 1 aromatic heterocycles. The first kappa shape index (κ1) is 10.3. The summed E-state index contributed by atoms with van der Waals surface area (Å²) in [6.45, 7) is 3.89. The number of hydrogen-bond acceptors (Lipinski definition) is 4. The number of aromatic nitrogens is 2. The minimum atomic E-state index is 0.509. The maximum atomic E-state index is 5.87. The lowest BCUT2D eigenvalue weighted by Crippen LogP contribution is -2.40. The van der Waals surface area contributed by atoms with Gasteiger partial charge in [0.05, 0.1) is 6.61 Å². The fourth-order valence-electron chi connectivity index (χ4n) is 2.57. The summed E-state index contributed by atoms with van der Waals surface area (Å²) >= 11 is 5.87. The fourth-order valence-corrected chi connectivity index (χ4v) is 2.71. The van der Waals surface area contributed by atoms with Crippen molar-refractivity contribution in [1.82, 2.24) is 9.97 Å². The molecule has 0 aliphatic carbocycles. The Kier molecular flexibility index (Phi) is 2.69. The van der Waals surface area contributed by atoms with E-state index in [0.29, 0.717) is 11.1 Å². The summed E-state index contributed by atoms with van der Waals surface area (Å²) in [5.74, 6) is 2.33. The van der Waals surface area contributed by atoms with Gasteiger partial charge in [-0.15, -0.1) is 0 Å². The molecule has 0 aromatic carbocycles. The highest BCUT2D eigenvalue weighted by Gasteiger charge is 2.34. The highest BCUT2D eigenvalue weighted by atomic mass is 35.5. The quantitative estimate of drug-likeness (QED) is 0.698. The van der Waals surface area contributed by atoms with Crippen LogP contribution in [0.1, 0.15) is 6.42 Å². The van der Waals surface area contributed by atoms with E-state index >= 15 is 0 Å². The zero-order valence-corrected chi connectivity index (χ0v) is 9.73. The minimum absolute atomic E-state index is 0.509. The van der Waals surface area contributed by atoms with E-state index in [1.807, 2.05) is 6.07 Å². The highest BCUT2D eigenvalue weighted by molar-refractivity contribution is 6.29. The van der Waals surface area contributed by atoms with Crippen LogP contribution in [0.15, 0.2) is 12.4 Å². The molecule has 0 spiro atoms. The van der Waals surface area contributed by atoms with E-state index in [1.54, 1.807) is 0 Å². The van der Waals surface area contributed by atoms with Crippen LogP contribution >= 0.6 is 11.6 Å². The van der Waals surface area contributed by atoms with Gasteiger partial charge in [-0.25, -0.2) is 9.97 Å². The molecule has 2 fully saturated rings. The van der Waals surface area contributed by atoms with Crippen molar-refractivity contribution in [3.05, 3.63) is 17.5 Å². The Labute approximate surface area is 99.6 Å². The summed E-state index contributed by atoms with van der Waals surface area (Å²) in [6.07, 6.45) is 2.71. The van der Waals surface area contributed by atoms with E-state index < -0.39 is 0 Å². The first-order valence-electron chi connectivity index (χ1n) is 5.63. The van der Waals surface area contributed by atoms with Crippen molar-refractivity contribution in [3.63, 3.8) is 0 Å². The molecule has 0 saturated carbocycles. The van der Waals surface area contributed by atoms with Crippen LogP contribution < -0.4 is 4.90 Å². The summed E-state index contributed by atoms with van der Waals surface area (Å²) < 4.78 is 5.51. The fraction of sp³-hybridized carbons (Fsp3) is 0.636. The molecule has 0 amide bonds. The van der Waals surface area contributed by atoms with Crippen molar-refractivity contribution >= 4 is 17.4 Å². The standard InChI is InChI=1S/C11H14ClN3O/c12-10-3-11(14-7-13-10)15-2-1-8-5-16-6-9(8)4-15/h3,7-9H,1-2,4-6H2/t8-,9-/m1/s1. The number of piperidine rings is 1. The van der Waals surface area contributed by atoms with Gasteiger partial charge in [0.2, 0.25) is 0 Å². The SMILES string of the molecule is Clc1cc(N2CC[C@@H]3COC[C@H]3C2)ncn1. The Bertz CT molecular complexity index is 387. The first-order valence-corrected chi connectivity index (χ1v) is 6.01. The van der Waals surface area contributed by atoms with Crippen LogP contribution in [0.25, 0.3) is 0 Å². The molecule has 16 heavy (non-hydrogen) atoms. The van der Waals surface area contributed by atoms with Crippen molar-refractivity contribution in [2.75, 3.05) is 31.2 Å². The van der Waals surface area contributed by atoms with Gasteiger partial charge in [0.15, 0.2) is 0 Å². The van der Waals surface area contributed by atoms with Crippen LogP contribution in [0.4, 0.5) is 5.82 Å². The highest BCUT2D eigenvalue weighted by Crippen LogP contribution is 2.31.